The number of pyridine rings is 1. The lowest BCUT2D eigenvalue weighted by Crippen LogP contribution is -2.31. The van der Waals surface area contributed by atoms with E-state index in [2.05, 4.69) is 25.3 Å². The number of aromatic nitrogens is 1. The van der Waals surface area contributed by atoms with Crippen molar-refractivity contribution < 1.29 is 22.6 Å². The summed E-state index contributed by atoms with van der Waals surface area (Å²) < 4.78 is 46.0. The highest BCUT2D eigenvalue weighted by atomic mass is 19.4. The molecular weight excluding hydrogens is 399 g/mol. The summed E-state index contributed by atoms with van der Waals surface area (Å²) in [5.74, 6) is 0.396. The maximum atomic E-state index is 12.2. The van der Waals surface area contributed by atoms with Crippen LogP contribution in [0.1, 0.15) is 25.7 Å². The third-order valence-corrected chi connectivity index (χ3v) is 3.78. The van der Waals surface area contributed by atoms with E-state index in [1.54, 1.807) is 36.8 Å². The molecule has 1 aromatic carbocycles. The first-order valence-electron chi connectivity index (χ1n) is 9.32. The molecule has 7 nitrogen and oxygen atoms in total. The van der Waals surface area contributed by atoms with E-state index in [4.69, 9.17) is 10.00 Å². The summed E-state index contributed by atoms with van der Waals surface area (Å²) in [7, 11) is 0. The van der Waals surface area contributed by atoms with Gasteiger partial charge in [-0.2, -0.15) is 5.26 Å². The predicted octanol–water partition coefficient (Wildman–Crippen LogP) is 4.46. The molecular formula is C20H22F3N5O2. The minimum Gasteiger partial charge on any atom is -0.493 e. The first-order valence-corrected chi connectivity index (χ1v) is 9.32. The van der Waals surface area contributed by atoms with E-state index in [0.717, 1.165) is 31.4 Å². The molecule has 0 unspecified atom stereocenters. The number of unbranched alkanes of at least 4 members (excludes halogenated alkanes) is 3. The van der Waals surface area contributed by atoms with Crippen LogP contribution in [0.4, 0.5) is 18.9 Å². The molecule has 2 aromatic rings. The number of aliphatic imine (C=N–C) groups is 1. The summed E-state index contributed by atoms with van der Waals surface area (Å²) in [6, 6.07) is 8.99. The van der Waals surface area contributed by atoms with E-state index < -0.39 is 6.36 Å². The highest BCUT2D eigenvalue weighted by Gasteiger charge is 2.31. The molecule has 30 heavy (non-hydrogen) atoms. The number of alkyl halides is 3. The number of hydrogen-bond donors (Lipinski definition) is 2. The van der Waals surface area contributed by atoms with E-state index in [1.807, 2.05) is 0 Å². The fourth-order valence-electron chi connectivity index (χ4n) is 2.47. The number of anilines is 1. The molecule has 0 spiro atoms. The van der Waals surface area contributed by atoms with Crippen molar-refractivity contribution in [2.24, 2.45) is 4.99 Å². The van der Waals surface area contributed by atoms with Crippen LogP contribution in [0.3, 0.4) is 0 Å². The van der Waals surface area contributed by atoms with Crippen molar-refractivity contribution in [3.05, 3.63) is 48.8 Å². The quantitative estimate of drug-likeness (QED) is 0.255. The number of hydrogen-bond acceptors (Lipinski definition) is 5. The van der Waals surface area contributed by atoms with Gasteiger partial charge in [0.15, 0.2) is 0 Å². The van der Waals surface area contributed by atoms with Crippen LogP contribution < -0.4 is 20.1 Å². The Morgan fingerprint density at radius 1 is 1.07 bits per heavy atom. The van der Waals surface area contributed by atoms with Gasteiger partial charge in [-0.15, -0.1) is 18.2 Å². The number of benzene rings is 1. The summed E-state index contributed by atoms with van der Waals surface area (Å²) in [6.07, 6.45) is 3.72. The molecule has 0 bridgehead atoms. The molecule has 0 aliphatic rings. The van der Waals surface area contributed by atoms with Crippen LogP contribution >= 0.6 is 0 Å². The van der Waals surface area contributed by atoms with Crippen molar-refractivity contribution in [1.82, 2.24) is 10.3 Å². The number of nitrogens with zero attached hydrogens (tertiary/aromatic N) is 3. The molecule has 10 heteroatoms. The topological polar surface area (TPSA) is 91.6 Å². The van der Waals surface area contributed by atoms with Crippen LogP contribution in [0.5, 0.6) is 11.5 Å². The second-order valence-electron chi connectivity index (χ2n) is 6.13. The van der Waals surface area contributed by atoms with Crippen molar-refractivity contribution in [2.75, 3.05) is 18.5 Å². The zero-order chi connectivity index (χ0) is 21.7. The molecule has 1 heterocycles. The van der Waals surface area contributed by atoms with E-state index in [9.17, 15) is 13.2 Å². The highest BCUT2D eigenvalue weighted by molar-refractivity contribution is 5.94. The number of rotatable bonds is 10. The van der Waals surface area contributed by atoms with Crippen molar-refractivity contribution >= 4 is 11.6 Å². The molecule has 0 aliphatic heterocycles. The number of nitrogens with one attached hydrogen (secondary N) is 2. The second-order valence-corrected chi connectivity index (χ2v) is 6.13. The highest BCUT2D eigenvalue weighted by Crippen LogP contribution is 2.26. The van der Waals surface area contributed by atoms with Crippen LogP contribution in [0.2, 0.25) is 0 Å². The Morgan fingerprint density at radius 2 is 1.80 bits per heavy atom. The molecule has 2 N–H and O–H groups in total. The van der Waals surface area contributed by atoms with Gasteiger partial charge in [0.2, 0.25) is 12.2 Å². The fraction of sp³-hybridized carbons (Fsp3) is 0.350. The Labute approximate surface area is 172 Å². The number of ether oxygens (including phenoxy) is 2. The minimum atomic E-state index is -4.72. The van der Waals surface area contributed by atoms with Crippen molar-refractivity contribution in [3.8, 4) is 17.7 Å². The third-order valence-electron chi connectivity index (χ3n) is 3.78. The van der Waals surface area contributed by atoms with Crippen LogP contribution in [0, 0.1) is 11.5 Å². The molecule has 0 aliphatic carbocycles. The molecule has 0 fully saturated rings. The predicted molar refractivity (Wildman–Crippen MR) is 106 cm³/mol. The molecule has 2 rings (SSSR count). The zero-order valence-electron chi connectivity index (χ0n) is 16.2. The van der Waals surface area contributed by atoms with Gasteiger partial charge >= 0.3 is 6.36 Å². The van der Waals surface area contributed by atoms with Gasteiger partial charge in [0.1, 0.15) is 11.5 Å². The summed E-state index contributed by atoms with van der Waals surface area (Å²) in [5.41, 5.74) is 0.772. The van der Waals surface area contributed by atoms with Crippen LogP contribution in [-0.2, 0) is 0 Å². The van der Waals surface area contributed by atoms with E-state index in [0.29, 0.717) is 24.9 Å². The van der Waals surface area contributed by atoms with Gasteiger partial charge < -0.3 is 20.1 Å². The Balaban J connectivity index is 1.59. The van der Waals surface area contributed by atoms with Gasteiger partial charge in [-0.25, -0.2) is 0 Å². The number of nitriles is 1. The molecule has 160 valence electrons. The lowest BCUT2D eigenvalue weighted by Gasteiger charge is -2.11. The summed E-state index contributed by atoms with van der Waals surface area (Å²) in [5, 5.41) is 14.8. The molecule has 1 aromatic heterocycles. The van der Waals surface area contributed by atoms with Crippen LogP contribution in [0.25, 0.3) is 0 Å². The Hall–Kier alpha value is -3.48. The normalized spacial score (nSPS) is 11.5. The van der Waals surface area contributed by atoms with Gasteiger partial charge in [0, 0.05) is 30.7 Å². The lowest BCUT2D eigenvalue weighted by atomic mass is 10.2. The maximum Gasteiger partial charge on any atom is 0.573 e. The fourth-order valence-corrected chi connectivity index (χ4v) is 2.47. The van der Waals surface area contributed by atoms with E-state index in [1.165, 1.54) is 18.2 Å². The Kier molecular flexibility index (Phi) is 9.24. The van der Waals surface area contributed by atoms with Gasteiger partial charge in [-0.3, -0.25) is 4.98 Å². The lowest BCUT2D eigenvalue weighted by molar-refractivity contribution is -0.274. The maximum absolute atomic E-state index is 12.2. The monoisotopic (exact) mass is 421 g/mol. The van der Waals surface area contributed by atoms with Gasteiger partial charge in [0.05, 0.1) is 6.61 Å². The third kappa shape index (κ3) is 9.64. The van der Waals surface area contributed by atoms with Crippen molar-refractivity contribution in [2.45, 2.75) is 32.0 Å². The molecule has 0 amide bonds. The Morgan fingerprint density at radius 3 is 2.53 bits per heavy atom. The molecule has 0 saturated carbocycles. The first kappa shape index (κ1) is 22.8. The van der Waals surface area contributed by atoms with Crippen molar-refractivity contribution in [3.63, 3.8) is 0 Å². The average Bonchev–Trinajstić information content (AvgIpc) is 2.70. The van der Waals surface area contributed by atoms with Gasteiger partial charge in [-0.1, -0.05) is 18.9 Å². The zero-order valence-corrected chi connectivity index (χ0v) is 16.2. The van der Waals surface area contributed by atoms with E-state index >= 15 is 0 Å². The summed E-state index contributed by atoms with van der Waals surface area (Å²) in [6.45, 7) is 1.03. The molecule has 0 radical (unpaired) electrons. The van der Waals surface area contributed by atoms with Crippen molar-refractivity contribution in [1.29, 1.82) is 5.26 Å². The van der Waals surface area contributed by atoms with Gasteiger partial charge in [-0.05, 0) is 37.1 Å². The Bertz CT molecular complexity index is 838. The number of guanidine groups is 1. The van der Waals surface area contributed by atoms with Gasteiger partial charge in [0.25, 0.3) is 0 Å². The average molecular weight is 421 g/mol. The summed E-state index contributed by atoms with van der Waals surface area (Å²) in [4.78, 5) is 7.63. The minimum absolute atomic E-state index is 0.304. The molecule has 0 atom stereocenters. The standard InChI is InChI=1S/C20H22F3N5O2/c21-20(22,23)30-18-7-5-6-17(14-18)29-13-4-2-1-3-10-26-19(27-15-24)28-16-8-11-25-12-9-16/h5-9,11-12,14H,1-4,10,13H2,(H2,25,26,27,28). The summed E-state index contributed by atoms with van der Waals surface area (Å²) >= 11 is 0. The second kappa shape index (κ2) is 12.2. The van der Waals surface area contributed by atoms with E-state index in [-0.39, 0.29) is 5.75 Å². The first-order chi connectivity index (χ1) is 14.5. The van der Waals surface area contributed by atoms with Crippen LogP contribution in [-0.4, -0.2) is 30.5 Å². The SMILES string of the molecule is N#C/N=C(\NCCCCCCOc1cccc(OC(F)(F)F)c1)Nc1ccncc1. The molecule has 0 saturated heterocycles. The van der Waals surface area contributed by atoms with Crippen LogP contribution in [0.15, 0.2) is 53.8 Å². The largest absolute Gasteiger partial charge is 0.573 e. The number of halogens is 3. The smallest absolute Gasteiger partial charge is 0.493 e.